The van der Waals surface area contributed by atoms with Crippen LogP contribution in [0.5, 0.6) is 0 Å². The number of amides is 2. The zero-order valence-corrected chi connectivity index (χ0v) is 48.2. The van der Waals surface area contributed by atoms with Crippen LogP contribution in [0.25, 0.3) is 15.8 Å². The number of aromatic nitrogens is 2. The number of benzene rings is 9. The highest BCUT2D eigenvalue weighted by atomic mass is 32.2. The van der Waals surface area contributed by atoms with Crippen LogP contribution in [0.1, 0.15) is 61.3 Å². The number of ether oxygens (including phenoxy) is 1. The molecule has 1 unspecified atom stereocenters. The topological polar surface area (TPSA) is 118 Å². The maximum atomic E-state index is 15.7. The molecule has 0 radical (unpaired) electrons. The van der Waals surface area contributed by atoms with Crippen LogP contribution in [0.2, 0.25) is 0 Å². The number of hydrogen-bond donors (Lipinski definition) is 2. The van der Waals surface area contributed by atoms with E-state index < -0.39 is 34.6 Å². The number of nitrogens with zero attached hydrogens (tertiary/aromatic N) is 4. The van der Waals surface area contributed by atoms with E-state index in [0.717, 1.165) is 65.3 Å². The van der Waals surface area contributed by atoms with Gasteiger partial charge < -0.3 is 20.2 Å². The summed E-state index contributed by atoms with van der Waals surface area (Å²) in [6.45, 7) is 0. The van der Waals surface area contributed by atoms with Gasteiger partial charge in [-0.05, 0) is 52.2 Å². The molecule has 0 bridgehead atoms. The molecule has 2 aliphatic heterocycles. The Labute approximate surface area is 504 Å². The van der Waals surface area contributed by atoms with Gasteiger partial charge in [-0.25, -0.2) is 9.97 Å². The van der Waals surface area contributed by atoms with E-state index in [9.17, 15) is 0 Å². The van der Waals surface area contributed by atoms with Crippen molar-refractivity contribution in [2.75, 3.05) is 11.1 Å². The van der Waals surface area contributed by atoms with Gasteiger partial charge in [0.1, 0.15) is 39.5 Å². The fourth-order valence-electron chi connectivity index (χ4n) is 11.1. The van der Waals surface area contributed by atoms with Gasteiger partial charge in [-0.15, -0.1) is 34.4 Å². The summed E-state index contributed by atoms with van der Waals surface area (Å²) in [5.41, 5.74) is 6.91. The van der Waals surface area contributed by atoms with Crippen molar-refractivity contribution in [1.29, 1.82) is 0 Å². The molecule has 14 heteroatoms. The van der Waals surface area contributed by atoms with Gasteiger partial charge in [-0.3, -0.25) is 14.5 Å². The third-order valence-electron chi connectivity index (χ3n) is 15.1. The molecule has 4 heterocycles. The van der Waals surface area contributed by atoms with Crippen molar-refractivity contribution in [2.45, 2.75) is 28.7 Å². The van der Waals surface area contributed by atoms with Gasteiger partial charge in [-0.2, -0.15) is 0 Å². The van der Waals surface area contributed by atoms with Gasteiger partial charge in [0.2, 0.25) is 10.7 Å². The molecule has 0 aliphatic carbocycles. The number of carbonyl (C=O) groups excluding carboxylic acids is 2. The van der Waals surface area contributed by atoms with Crippen molar-refractivity contribution in [1.82, 2.24) is 20.2 Å². The van der Waals surface area contributed by atoms with Gasteiger partial charge in [-0.1, -0.05) is 260 Å². The van der Waals surface area contributed by atoms with Gasteiger partial charge in [0.15, 0.2) is 10.8 Å². The fourth-order valence-corrected chi connectivity index (χ4v) is 14.6. The van der Waals surface area contributed by atoms with Gasteiger partial charge in [0.05, 0.1) is 10.2 Å². The number of hydrogen-bond acceptors (Lipinski definition) is 12. The summed E-state index contributed by atoms with van der Waals surface area (Å²) in [6.07, 6.45) is -0.590. The predicted octanol–water partition coefficient (Wildman–Crippen LogP) is 14.8. The van der Waals surface area contributed by atoms with E-state index in [-0.39, 0.29) is 22.4 Å². The number of thiocarbonyl (C=S) groups is 1. The summed E-state index contributed by atoms with van der Waals surface area (Å²) in [5.74, 6) is -0.614. The molecule has 84 heavy (non-hydrogen) atoms. The number of oxime groups is 1. The molecule has 410 valence electrons. The Morgan fingerprint density at radius 1 is 0.595 bits per heavy atom. The Kier molecular flexibility index (Phi) is 15.3. The molecule has 2 aliphatic rings. The van der Waals surface area contributed by atoms with Crippen LogP contribution in [0, 0.1) is 0 Å². The molecule has 11 aromatic rings. The second-order valence-electron chi connectivity index (χ2n) is 20.1. The van der Waals surface area contributed by atoms with Crippen LogP contribution in [0.3, 0.4) is 0 Å². The lowest BCUT2D eigenvalue weighted by Gasteiger charge is -2.50. The molecular formula is C70H52N6O4S4. The van der Waals surface area contributed by atoms with E-state index in [1.54, 1.807) is 10.3 Å². The van der Waals surface area contributed by atoms with E-state index in [1.165, 1.54) is 34.4 Å². The average molecular weight is 1170 g/mol. The van der Waals surface area contributed by atoms with Crippen LogP contribution in [0.15, 0.2) is 283 Å². The Balaban J connectivity index is 0.903. The van der Waals surface area contributed by atoms with E-state index in [4.69, 9.17) is 36.9 Å². The first-order chi connectivity index (χ1) is 41.4. The molecule has 0 spiro atoms. The number of thiazole rings is 2. The summed E-state index contributed by atoms with van der Waals surface area (Å²) >= 11 is 10.7. The Hall–Kier alpha value is -9.31. The first kappa shape index (κ1) is 54.0. The highest BCUT2D eigenvalue weighted by Gasteiger charge is 2.55. The lowest BCUT2D eigenvalue weighted by Crippen LogP contribution is -2.71. The van der Waals surface area contributed by atoms with E-state index in [1.807, 2.05) is 231 Å². The first-order valence-electron chi connectivity index (χ1n) is 27.4. The number of fused-ring (bicyclic) bond motifs is 2. The standard InChI is InChI=1S/C70H52N6O4S4/c77-63(73-60-65(78)76-61(55(45-82-66(60)76)64-71-56-43-25-26-44-58(56)84-64)67(81)79-62(47-27-9-1-10-28-47)48-29-11-2-12-30-48)59(75-80-70(52-37-19-6-20-38-52,53-39-21-7-22-40-53)54-41-23-8-24-42-54)57-46-83-68(72-57)74-69(49-31-13-3-14-32-49,50-33-15-4-16-34-50)51-35-17-5-18-36-51/h1-44,46,60,62,66H,45H2,(H,72,74)(H,73,77)/b75-59+/t60?,66-/m1/s1. The van der Waals surface area contributed by atoms with Gasteiger partial charge in [0, 0.05) is 33.4 Å². The SMILES string of the molecule is O=C(NC1C(=O)N2C(C(=S)OC(c3ccccc3)c3ccccc3)=C(c3nc4ccccc4s3)CS[C@H]12)/C(=N/OC(c1ccccc1)(c1ccccc1)c1ccccc1)c1csc(NC(c2ccccc2)(c2ccccc2)c2ccccc2)n1. The minimum absolute atomic E-state index is 0.137. The number of nitrogens with one attached hydrogen (secondary N) is 2. The number of para-hydroxylation sites is 1. The molecular weight excluding hydrogens is 1120 g/mol. The van der Waals surface area contributed by atoms with Gasteiger partial charge >= 0.3 is 0 Å². The molecule has 9 aromatic carbocycles. The summed E-state index contributed by atoms with van der Waals surface area (Å²) in [7, 11) is 0. The largest absolute Gasteiger partial charge is 0.469 e. The van der Waals surface area contributed by atoms with Crippen LogP contribution >= 0.6 is 46.7 Å². The Morgan fingerprint density at radius 3 is 1.54 bits per heavy atom. The third kappa shape index (κ3) is 10.3. The molecule has 2 amide bonds. The summed E-state index contributed by atoms with van der Waals surface area (Å²) in [6, 6.07) is 87.0. The highest BCUT2D eigenvalue weighted by molar-refractivity contribution is 8.00. The van der Waals surface area contributed by atoms with Crippen molar-refractivity contribution >= 4 is 90.2 Å². The van der Waals surface area contributed by atoms with Crippen molar-refractivity contribution < 1.29 is 19.2 Å². The summed E-state index contributed by atoms with van der Waals surface area (Å²) in [4.78, 5) is 50.0. The normalized spacial score (nSPS) is 15.3. The lowest BCUT2D eigenvalue weighted by atomic mass is 9.77. The van der Waals surface area contributed by atoms with Crippen molar-refractivity contribution in [2.24, 2.45) is 5.16 Å². The van der Waals surface area contributed by atoms with Crippen LogP contribution < -0.4 is 10.6 Å². The highest BCUT2D eigenvalue weighted by Crippen LogP contribution is 2.47. The molecule has 13 rings (SSSR count). The lowest BCUT2D eigenvalue weighted by molar-refractivity contribution is -0.144. The maximum Gasteiger partial charge on any atom is 0.276 e. The number of rotatable bonds is 18. The maximum absolute atomic E-state index is 15.7. The van der Waals surface area contributed by atoms with Crippen molar-refractivity contribution in [3.63, 3.8) is 0 Å². The molecule has 2 N–H and O–H groups in total. The summed E-state index contributed by atoms with van der Waals surface area (Å²) in [5, 5.41) is 14.6. The second-order valence-corrected chi connectivity index (χ2v) is 23.5. The molecule has 1 saturated heterocycles. The van der Waals surface area contributed by atoms with Gasteiger partial charge in [0.25, 0.3) is 11.8 Å². The smallest absolute Gasteiger partial charge is 0.276 e. The van der Waals surface area contributed by atoms with Crippen LogP contribution in [-0.4, -0.2) is 54.6 Å². The predicted molar refractivity (Wildman–Crippen MR) is 342 cm³/mol. The quantitative estimate of drug-likeness (QED) is 0.0285. The number of anilines is 1. The molecule has 2 aromatic heterocycles. The minimum atomic E-state index is -1.36. The fraction of sp³-hybridized carbons (Fsp3) is 0.0857. The molecule has 1 fully saturated rings. The zero-order chi connectivity index (χ0) is 56.9. The third-order valence-corrected chi connectivity index (χ3v) is 18.5. The first-order valence-corrected chi connectivity index (χ1v) is 30.5. The number of β-lactam (4-membered cyclic amide) rings is 1. The monoisotopic (exact) mass is 1170 g/mol. The number of thioether (sulfide) groups is 1. The Morgan fingerprint density at radius 2 is 1.05 bits per heavy atom. The second kappa shape index (κ2) is 23.9. The number of carbonyl (C=O) groups is 2. The van der Waals surface area contributed by atoms with E-state index in [0.29, 0.717) is 16.6 Å². The minimum Gasteiger partial charge on any atom is -0.469 e. The molecule has 10 nitrogen and oxygen atoms in total. The van der Waals surface area contributed by atoms with E-state index in [2.05, 4.69) is 47.0 Å². The van der Waals surface area contributed by atoms with Crippen LogP contribution in [-0.2, 0) is 30.3 Å². The van der Waals surface area contributed by atoms with Crippen LogP contribution in [0.4, 0.5) is 5.13 Å². The average Bonchev–Trinajstić information content (AvgIpc) is 1.69. The molecule has 2 atom stereocenters. The molecule has 0 saturated carbocycles. The van der Waals surface area contributed by atoms with E-state index >= 15 is 9.59 Å². The summed E-state index contributed by atoms with van der Waals surface area (Å²) < 4.78 is 7.91. The van der Waals surface area contributed by atoms with Crippen molar-refractivity contribution in [3.8, 4) is 0 Å². The van der Waals surface area contributed by atoms with Crippen molar-refractivity contribution in [3.05, 3.63) is 333 Å². The zero-order valence-electron chi connectivity index (χ0n) is 45.0. The Bertz CT molecular complexity index is 3910.